The van der Waals surface area contributed by atoms with Crippen LogP contribution in [0.3, 0.4) is 0 Å². The van der Waals surface area contributed by atoms with E-state index >= 15 is 0 Å². The summed E-state index contributed by atoms with van der Waals surface area (Å²) in [5.74, 6) is -4.29. The van der Waals surface area contributed by atoms with Crippen LogP contribution in [-0.2, 0) is 4.79 Å². The highest BCUT2D eigenvalue weighted by molar-refractivity contribution is 6.02. The number of aromatic nitrogens is 2. The van der Waals surface area contributed by atoms with Gasteiger partial charge >= 0.3 is 5.92 Å². The second-order valence-electron chi connectivity index (χ2n) is 12.8. The van der Waals surface area contributed by atoms with E-state index in [4.69, 9.17) is 4.74 Å². The fraction of sp³-hybridized carbons (Fsp3) is 0.625. The Balaban J connectivity index is 1.20. The van der Waals surface area contributed by atoms with E-state index in [1.54, 1.807) is 32.0 Å². The molecule has 0 atom stereocenters. The molecule has 1 aromatic heterocycles. The van der Waals surface area contributed by atoms with Crippen LogP contribution in [0.1, 0.15) is 49.9 Å². The minimum atomic E-state index is -3.58. The van der Waals surface area contributed by atoms with Crippen molar-refractivity contribution in [3.05, 3.63) is 30.0 Å². The van der Waals surface area contributed by atoms with E-state index in [2.05, 4.69) is 42.8 Å². The molecule has 2 amide bonds. The number of methoxy groups -OCH3 is 1. The maximum atomic E-state index is 14.7. The maximum absolute atomic E-state index is 14.7. The van der Waals surface area contributed by atoms with Gasteiger partial charge in [-0.1, -0.05) is 0 Å². The average molecular weight is 644 g/mol. The first-order valence-electron chi connectivity index (χ1n) is 16.2. The zero-order valence-electron chi connectivity index (χ0n) is 27.5. The second kappa shape index (κ2) is 14.4. The number of fused-ring (bicyclic) bond motifs is 1. The molecule has 2 aromatic rings. The van der Waals surface area contributed by atoms with Crippen LogP contribution in [0.25, 0.3) is 0 Å². The number of hydrogen-bond acceptors (Lipinski definition) is 10. The fourth-order valence-corrected chi connectivity index (χ4v) is 6.42. The van der Waals surface area contributed by atoms with Crippen LogP contribution >= 0.6 is 0 Å². The Hall–Kier alpha value is -3.62. The number of carbonyl (C=O) groups excluding carboxylic acids is 2. The lowest BCUT2D eigenvalue weighted by atomic mass is 9.90. The number of piperazine rings is 1. The molecule has 3 aliphatic rings. The van der Waals surface area contributed by atoms with Crippen LogP contribution in [0.2, 0.25) is 0 Å². The minimum absolute atomic E-state index is 0.114. The average Bonchev–Trinajstić information content (AvgIpc) is 3.13. The van der Waals surface area contributed by atoms with Crippen LogP contribution in [-0.4, -0.2) is 123 Å². The monoisotopic (exact) mass is 643 g/mol. The lowest BCUT2D eigenvalue weighted by Crippen LogP contribution is -2.48. The van der Waals surface area contributed by atoms with E-state index in [1.165, 1.54) is 25.3 Å². The topological polar surface area (TPSA) is 118 Å². The Morgan fingerprint density at radius 3 is 2.59 bits per heavy atom. The number of amides is 2. The quantitative estimate of drug-likeness (QED) is 0.357. The van der Waals surface area contributed by atoms with Crippen LogP contribution in [0.15, 0.2) is 24.4 Å². The molecule has 1 aliphatic carbocycles. The first kappa shape index (κ1) is 33.7. The Labute approximate surface area is 269 Å². The summed E-state index contributed by atoms with van der Waals surface area (Å²) in [6.07, 6.45) is 5.31. The molecule has 0 unspecified atom stereocenters. The number of ether oxygens (including phenoxy) is 1. The molecule has 0 spiro atoms. The van der Waals surface area contributed by atoms with E-state index in [-0.39, 0.29) is 35.4 Å². The number of hydrogen-bond donors (Lipinski definition) is 3. The highest BCUT2D eigenvalue weighted by Crippen LogP contribution is 2.37. The van der Waals surface area contributed by atoms with E-state index in [9.17, 15) is 18.4 Å². The zero-order valence-corrected chi connectivity index (χ0v) is 27.5. The van der Waals surface area contributed by atoms with Crippen molar-refractivity contribution < 1.29 is 23.1 Å². The highest BCUT2D eigenvalue weighted by Gasteiger charge is 2.47. The molecule has 2 fully saturated rings. The van der Waals surface area contributed by atoms with Gasteiger partial charge in [0, 0.05) is 70.0 Å². The van der Waals surface area contributed by atoms with Crippen LogP contribution in [0.4, 0.5) is 31.9 Å². The first-order chi connectivity index (χ1) is 22.0. The van der Waals surface area contributed by atoms with E-state index in [0.717, 1.165) is 69.9 Å². The number of carbonyl (C=O) groups is 2. The Bertz CT molecular complexity index is 1380. The van der Waals surface area contributed by atoms with Gasteiger partial charge in [0.15, 0.2) is 5.82 Å². The van der Waals surface area contributed by atoms with Gasteiger partial charge in [-0.3, -0.25) is 14.5 Å². The molecule has 1 aromatic carbocycles. The molecule has 1 saturated heterocycles. The smallest absolute Gasteiger partial charge is 0.342 e. The molecule has 14 heteroatoms. The minimum Gasteiger partial charge on any atom is -0.495 e. The van der Waals surface area contributed by atoms with Gasteiger partial charge in [0.25, 0.3) is 11.8 Å². The number of nitrogens with zero attached hydrogens (tertiary/aromatic N) is 6. The normalized spacial score (nSPS) is 22.1. The van der Waals surface area contributed by atoms with Gasteiger partial charge in [0.05, 0.1) is 25.5 Å². The molecule has 12 nitrogen and oxygen atoms in total. The molecule has 2 aliphatic heterocycles. The van der Waals surface area contributed by atoms with Crippen molar-refractivity contribution in [1.82, 2.24) is 30.4 Å². The molecule has 3 heterocycles. The van der Waals surface area contributed by atoms with Crippen molar-refractivity contribution in [3.8, 4) is 5.75 Å². The summed E-state index contributed by atoms with van der Waals surface area (Å²) < 4.78 is 34.9. The maximum Gasteiger partial charge on any atom is 0.342 e. The van der Waals surface area contributed by atoms with Crippen molar-refractivity contribution in [2.24, 2.45) is 0 Å². The van der Waals surface area contributed by atoms with E-state index in [0.29, 0.717) is 23.0 Å². The first-order valence-corrected chi connectivity index (χ1v) is 16.2. The van der Waals surface area contributed by atoms with Gasteiger partial charge in [0.2, 0.25) is 5.95 Å². The van der Waals surface area contributed by atoms with Gasteiger partial charge in [-0.15, -0.1) is 0 Å². The highest BCUT2D eigenvalue weighted by atomic mass is 19.3. The number of likely N-dealkylation sites (N-methyl/N-ethyl adjacent to an activating group) is 1. The van der Waals surface area contributed by atoms with E-state index < -0.39 is 18.4 Å². The van der Waals surface area contributed by atoms with Crippen molar-refractivity contribution in [2.75, 3.05) is 82.1 Å². The van der Waals surface area contributed by atoms with Crippen LogP contribution in [0, 0.1) is 0 Å². The standard InChI is InChI=1S/C32H47F2N9O3/c1-21(2)43-20-32(33,34)30(45)41(4)26-19-36-31(39-28(26)43)38-25-11-6-22(18-27(25)46-5)29(44)37-23-7-9-24(10-8-23)40(3)16-17-42-14-12-35-13-15-42/h6,11,18-19,21,23-24,35H,7-10,12-17,20H2,1-5H3,(H,37,44)(H,36,38,39). The molecule has 0 radical (unpaired) electrons. The third-order valence-electron chi connectivity index (χ3n) is 9.34. The SMILES string of the molecule is COc1cc(C(=O)NC2CCC(N(C)CCN3CCNCC3)CC2)ccc1Nc1ncc2c(n1)N(C(C)C)CC(F)(F)C(=O)N2C. The number of halogens is 2. The van der Waals surface area contributed by atoms with Crippen LogP contribution < -0.4 is 30.5 Å². The van der Waals surface area contributed by atoms with Gasteiger partial charge in [-0.2, -0.15) is 13.8 Å². The molecular formula is C32H47F2N9O3. The number of rotatable bonds is 10. The third kappa shape index (κ3) is 7.67. The van der Waals surface area contributed by atoms with Crippen LogP contribution in [0.5, 0.6) is 5.75 Å². The number of anilines is 4. The summed E-state index contributed by atoms with van der Waals surface area (Å²) in [4.78, 5) is 41.7. The number of nitrogens with one attached hydrogen (secondary N) is 3. The van der Waals surface area contributed by atoms with Crippen molar-refractivity contribution in [3.63, 3.8) is 0 Å². The third-order valence-corrected chi connectivity index (χ3v) is 9.34. The Kier molecular flexibility index (Phi) is 10.6. The Morgan fingerprint density at radius 1 is 1.20 bits per heavy atom. The molecule has 46 heavy (non-hydrogen) atoms. The van der Waals surface area contributed by atoms with Gasteiger partial charge in [-0.25, -0.2) is 4.98 Å². The fourth-order valence-electron chi connectivity index (χ4n) is 6.42. The van der Waals surface area contributed by atoms with Crippen molar-refractivity contribution >= 4 is 35.0 Å². The molecule has 0 bridgehead atoms. The summed E-state index contributed by atoms with van der Waals surface area (Å²) in [6, 6.07) is 5.36. The predicted molar refractivity (Wildman–Crippen MR) is 175 cm³/mol. The lowest BCUT2D eigenvalue weighted by molar-refractivity contribution is -0.140. The number of alkyl halides is 2. The largest absolute Gasteiger partial charge is 0.495 e. The summed E-state index contributed by atoms with van der Waals surface area (Å²) >= 11 is 0. The summed E-state index contributed by atoms with van der Waals surface area (Å²) in [5, 5.41) is 9.68. The summed E-state index contributed by atoms with van der Waals surface area (Å²) in [6.45, 7) is 9.22. The summed E-state index contributed by atoms with van der Waals surface area (Å²) in [5.41, 5.74) is 1.16. The van der Waals surface area contributed by atoms with Crippen molar-refractivity contribution in [2.45, 2.75) is 63.6 Å². The molecule has 1 saturated carbocycles. The predicted octanol–water partition coefficient (Wildman–Crippen LogP) is 2.93. The van der Waals surface area contributed by atoms with Crippen molar-refractivity contribution in [1.29, 1.82) is 0 Å². The van der Waals surface area contributed by atoms with Gasteiger partial charge < -0.3 is 35.4 Å². The molecular weight excluding hydrogens is 596 g/mol. The van der Waals surface area contributed by atoms with Gasteiger partial charge in [0.1, 0.15) is 11.4 Å². The van der Waals surface area contributed by atoms with E-state index in [1.807, 2.05) is 0 Å². The molecule has 252 valence electrons. The Morgan fingerprint density at radius 2 is 1.91 bits per heavy atom. The van der Waals surface area contributed by atoms with Gasteiger partial charge in [-0.05, 0) is 64.8 Å². The molecule has 3 N–H and O–H groups in total. The summed E-state index contributed by atoms with van der Waals surface area (Å²) in [7, 11) is 5.01. The second-order valence-corrected chi connectivity index (χ2v) is 12.8. The lowest BCUT2D eigenvalue weighted by Gasteiger charge is -2.36. The molecule has 5 rings (SSSR count). The number of benzene rings is 1. The zero-order chi connectivity index (χ0) is 33.0.